The molecule has 0 unspecified atom stereocenters. The smallest absolute Gasteiger partial charge is 0.417 e. The lowest BCUT2D eigenvalue weighted by molar-refractivity contribution is -0.275. The summed E-state index contributed by atoms with van der Waals surface area (Å²) in [5, 5.41) is 3.71. The zero-order valence-electron chi connectivity index (χ0n) is 21.2. The number of alkyl halides is 5. The number of fused-ring (bicyclic) bond motifs is 1. The number of aromatic nitrogens is 3. The second-order valence-corrected chi connectivity index (χ2v) is 9.78. The van der Waals surface area contributed by atoms with Gasteiger partial charge in [0.05, 0.1) is 13.3 Å². The molecule has 0 radical (unpaired) electrons. The van der Waals surface area contributed by atoms with E-state index in [4.69, 9.17) is 9.47 Å². The molecular formula is C27H22F7N3O3. The van der Waals surface area contributed by atoms with Gasteiger partial charge in [0.1, 0.15) is 6.10 Å². The number of ether oxygens (including phenoxy) is 2. The maximum Gasteiger partial charge on any atom is 0.417 e. The van der Waals surface area contributed by atoms with Crippen LogP contribution in [0.3, 0.4) is 0 Å². The van der Waals surface area contributed by atoms with Gasteiger partial charge in [0, 0.05) is 51.8 Å². The second-order valence-electron chi connectivity index (χ2n) is 9.78. The molecule has 5 rings (SSSR count). The largest absolute Gasteiger partial charge is 0.493 e. The number of hydrogen-bond donors (Lipinski definition) is 1. The molecule has 4 atom stereocenters. The van der Waals surface area contributed by atoms with Crippen molar-refractivity contribution in [2.75, 3.05) is 7.11 Å². The SMILES string of the molecule is COc1c([C@H]2[C@H](c3cc(=O)c4cc(-c5cnn(C(F)F)c5)ccc4[nH]3)O[C@@](C)(C(F)(F)F)[C@H]2C)ccc(F)c1F. The Morgan fingerprint density at radius 1 is 1.12 bits per heavy atom. The van der Waals surface area contributed by atoms with Crippen molar-refractivity contribution in [3.8, 4) is 16.9 Å². The molecule has 0 amide bonds. The highest BCUT2D eigenvalue weighted by Gasteiger charge is 2.65. The van der Waals surface area contributed by atoms with E-state index in [9.17, 15) is 35.5 Å². The molecule has 1 N–H and O–H groups in total. The normalized spacial score (nSPS) is 23.3. The molecule has 1 aliphatic rings. The summed E-state index contributed by atoms with van der Waals surface area (Å²) < 4.78 is 108. The molecule has 0 spiro atoms. The number of nitrogens with zero attached hydrogens (tertiary/aromatic N) is 2. The van der Waals surface area contributed by atoms with Crippen LogP contribution < -0.4 is 10.2 Å². The summed E-state index contributed by atoms with van der Waals surface area (Å²) in [6, 6.07) is 7.46. The minimum atomic E-state index is -4.85. The number of rotatable bonds is 5. The first-order valence-corrected chi connectivity index (χ1v) is 12.0. The number of hydrogen-bond acceptors (Lipinski definition) is 4. The first-order valence-electron chi connectivity index (χ1n) is 12.0. The predicted octanol–water partition coefficient (Wildman–Crippen LogP) is 6.89. The predicted molar refractivity (Wildman–Crippen MR) is 130 cm³/mol. The van der Waals surface area contributed by atoms with Crippen molar-refractivity contribution in [1.82, 2.24) is 14.8 Å². The summed E-state index contributed by atoms with van der Waals surface area (Å²) in [7, 11) is 1.07. The maximum absolute atomic E-state index is 14.6. The average Bonchev–Trinajstić information content (AvgIpc) is 3.50. The fourth-order valence-corrected chi connectivity index (χ4v) is 5.27. The first kappa shape index (κ1) is 27.7. The van der Waals surface area contributed by atoms with Crippen LogP contribution in [-0.2, 0) is 4.74 Å². The number of halogens is 7. The molecular weight excluding hydrogens is 547 g/mol. The van der Waals surface area contributed by atoms with E-state index in [1.165, 1.54) is 31.3 Å². The van der Waals surface area contributed by atoms with Gasteiger partial charge in [0.15, 0.2) is 22.6 Å². The van der Waals surface area contributed by atoms with Gasteiger partial charge in [-0.1, -0.05) is 19.1 Å². The van der Waals surface area contributed by atoms with E-state index >= 15 is 0 Å². The van der Waals surface area contributed by atoms with Crippen molar-refractivity contribution in [2.45, 2.75) is 44.2 Å². The minimum absolute atomic E-state index is 0.0209. The number of aromatic amines is 1. The molecule has 3 heterocycles. The quantitative estimate of drug-likeness (QED) is 0.266. The summed E-state index contributed by atoms with van der Waals surface area (Å²) in [6.07, 6.45) is -3.96. The van der Waals surface area contributed by atoms with Crippen LogP contribution in [0.25, 0.3) is 22.0 Å². The highest BCUT2D eigenvalue weighted by Crippen LogP contribution is 2.59. The van der Waals surface area contributed by atoms with E-state index < -0.39 is 59.1 Å². The molecule has 4 aromatic rings. The molecule has 0 aliphatic carbocycles. The Kier molecular flexibility index (Phi) is 6.68. The number of methoxy groups -OCH3 is 1. The topological polar surface area (TPSA) is 69.1 Å². The lowest BCUT2D eigenvalue weighted by atomic mass is 9.76. The van der Waals surface area contributed by atoms with Crippen molar-refractivity contribution in [3.05, 3.63) is 81.9 Å². The van der Waals surface area contributed by atoms with E-state index in [-0.39, 0.29) is 22.2 Å². The number of H-pyrrole nitrogens is 1. The molecule has 1 saturated heterocycles. The molecule has 2 aromatic heterocycles. The van der Waals surface area contributed by atoms with Gasteiger partial charge in [-0.3, -0.25) is 4.79 Å². The van der Waals surface area contributed by atoms with Crippen molar-refractivity contribution in [3.63, 3.8) is 0 Å². The van der Waals surface area contributed by atoms with Crippen LogP contribution in [0.5, 0.6) is 5.75 Å². The summed E-state index contributed by atoms with van der Waals surface area (Å²) >= 11 is 0. The Labute approximate surface area is 222 Å². The number of benzene rings is 2. The van der Waals surface area contributed by atoms with E-state index in [0.717, 1.165) is 38.4 Å². The lowest BCUT2D eigenvalue weighted by Crippen LogP contribution is -2.46. The Balaban J connectivity index is 1.64. The molecule has 13 heteroatoms. The van der Waals surface area contributed by atoms with Crippen molar-refractivity contribution in [2.24, 2.45) is 5.92 Å². The Morgan fingerprint density at radius 2 is 1.85 bits per heavy atom. The fraction of sp³-hybridized carbons (Fsp3) is 0.333. The van der Waals surface area contributed by atoms with Gasteiger partial charge >= 0.3 is 12.7 Å². The van der Waals surface area contributed by atoms with Crippen LogP contribution in [0.2, 0.25) is 0 Å². The summed E-state index contributed by atoms with van der Waals surface area (Å²) in [4.78, 5) is 16.1. The number of nitrogens with one attached hydrogen (secondary N) is 1. The van der Waals surface area contributed by atoms with E-state index in [1.807, 2.05) is 0 Å². The monoisotopic (exact) mass is 569 g/mol. The third kappa shape index (κ3) is 4.32. The molecule has 0 bridgehead atoms. The molecule has 40 heavy (non-hydrogen) atoms. The molecule has 1 aliphatic heterocycles. The second kappa shape index (κ2) is 9.65. The highest BCUT2D eigenvalue weighted by molar-refractivity contribution is 5.84. The molecule has 2 aromatic carbocycles. The van der Waals surface area contributed by atoms with Gasteiger partial charge in [-0.05, 0) is 30.7 Å². The Bertz CT molecular complexity index is 1650. The van der Waals surface area contributed by atoms with Crippen molar-refractivity contribution < 1.29 is 40.2 Å². The van der Waals surface area contributed by atoms with Crippen molar-refractivity contribution >= 4 is 10.9 Å². The average molecular weight is 569 g/mol. The molecule has 1 fully saturated rings. The summed E-state index contributed by atoms with van der Waals surface area (Å²) in [6.45, 7) is -0.705. The van der Waals surface area contributed by atoms with Crippen LogP contribution in [0, 0.1) is 17.6 Å². The molecule has 212 valence electrons. The van der Waals surface area contributed by atoms with E-state index in [1.54, 1.807) is 0 Å². The van der Waals surface area contributed by atoms with Crippen LogP contribution in [0.1, 0.15) is 43.7 Å². The van der Waals surface area contributed by atoms with E-state index in [0.29, 0.717) is 15.8 Å². The van der Waals surface area contributed by atoms with Gasteiger partial charge in [0.25, 0.3) is 0 Å². The van der Waals surface area contributed by atoms with Gasteiger partial charge in [0.2, 0.25) is 5.82 Å². The van der Waals surface area contributed by atoms with Crippen molar-refractivity contribution in [1.29, 1.82) is 0 Å². The van der Waals surface area contributed by atoms with Crippen LogP contribution in [0.4, 0.5) is 30.7 Å². The van der Waals surface area contributed by atoms with E-state index in [2.05, 4.69) is 10.1 Å². The van der Waals surface area contributed by atoms with Crippen LogP contribution in [-0.4, -0.2) is 33.7 Å². The highest BCUT2D eigenvalue weighted by atomic mass is 19.4. The van der Waals surface area contributed by atoms with Gasteiger partial charge < -0.3 is 14.5 Å². The van der Waals surface area contributed by atoms with Gasteiger partial charge in [-0.25, -0.2) is 9.07 Å². The summed E-state index contributed by atoms with van der Waals surface area (Å²) in [5.41, 5.74) is -2.40. The lowest BCUT2D eigenvalue weighted by Gasteiger charge is -2.32. The molecule has 6 nitrogen and oxygen atoms in total. The first-order chi connectivity index (χ1) is 18.8. The standard InChI is InChI=1S/C27H22F7N3O3/c1-12-21(15-5-6-17(28)22(29)23(15)39-3)24(40-26(12,2)27(32,33)34)19-9-20(38)16-8-13(4-7-18(16)36-19)14-10-35-37(11-14)25(30)31/h4-12,21,24-25H,1-3H3,(H,36,38)/t12-,21-,24-,26+/m0/s1. The third-order valence-electron chi connectivity index (χ3n) is 7.60. The molecule has 0 saturated carbocycles. The van der Waals surface area contributed by atoms with Gasteiger partial charge in [-0.15, -0.1) is 0 Å². The van der Waals surface area contributed by atoms with Gasteiger partial charge in [-0.2, -0.15) is 31.4 Å². The minimum Gasteiger partial charge on any atom is -0.493 e. The fourth-order valence-electron chi connectivity index (χ4n) is 5.27. The third-order valence-corrected chi connectivity index (χ3v) is 7.60. The zero-order valence-corrected chi connectivity index (χ0v) is 21.2. The number of pyridine rings is 1. The Hall–Kier alpha value is -3.87. The summed E-state index contributed by atoms with van der Waals surface area (Å²) in [5.74, 6) is -5.68. The Morgan fingerprint density at radius 3 is 2.48 bits per heavy atom. The maximum atomic E-state index is 14.6. The van der Waals surface area contributed by atoms with Crippen LogP contribution >= 0.6 is 0 Å². The van der Waals surface area contributed by atoms with Crippen LogP contribution in [0.15, 0.2) is 53.6 Å². The zero-order chi connectivity index (χ0) is 29.1.